The molecule has 0 saturated carbocycles. The zero-order valence-electron chi connectivity index (χ0n) is 31.5. The van der Waals surface area contributed by atoms with Crippen molar-refractivity contribution >= 4 is 67.8 Å². The first kappa shape index (κ1) is 32.2. The molecule has 0 atom stereocenters. The number of anilines is 3. The molecule has 0 saturated heterocycles. The number of benzene rings is 9. The number of para-hydroxylation sites is 3. The summed E-state index contributed by atoms with van der Waals surface area (Å²) < 4.78 is 0. The lowest BCUT2D eigenvalue weighted by atomic mass is 9.54. The number of nitrogens with one attached hydrogen (secondary N) is 1. The predicted octanol–water partition coefficient (Wildman–Crippen LogP) is 12.3. The predicted molar refractivity (Wildman–Crippen MR) is 240 cm³/mol. The van der Waals surface area contributed by atoms with E-state index in [1.807, 2.05) is 0 Å². The molecule has 1 aromatic heterocycles. The Morgan fingerprint density at radius 3 is 2.00 bits per heavy atom. The zero-order chi connectivity index (χ0) is 37.7. The maximum Gasteiger partial charge on any atom is 0.197 e. The largest absolute Gasteiger partial charge is 0.354 e. The van der Waals surface area contributed by atoms with Gasteiger partial charge in [0.05, 0.1) is 16.6 Å². The van der Waals surface area contributed by atoms with Gasteiger partial charge in [-0.2, -0.15) is 0 Å². The van der Waals surface area contributed by atoms with Crippen molar-refractivity contribution in [2.75, 3.05) is 4.90 Å². The van der Waals surface area contributed by atoms with Crippen LogP contribution < -0.4 is 15.8 Å². The van der Waals surface area contributed by atoms with E-state index in [0.29, 0.717) is 0 Å². The molecule has 0 amide bonds. The van der Waals surface area contributed by atoms with Crippen LogP contribution >= 0.6 is 0 Å². The number of nitrogens with zero attached hydrogens (tertiary/aromatic N) is 1. The molecule has 2 aliphatic heterocycles. The van der Waals surface area contributed by atoms with Crippen LogP contribution in [-0.4, -0.2) is 12.3 Å². The van der Waals surface area contributed by atoms with Crippen LogP contribution in [0.2, 0.25) is 0 Å². The Bertz CT molecular complexity index is 3190. The van der Waals surface area contributed by atoms with Gasteiger partial charge in [0.2, 0.25) is 0 Å². The number of H-pyrrole nitrogens is 1. The van der Waals surface area contributed by atoms with Crippen molar-refractivity contribution in [3.05, 3.63) is 222 Å². The molecule has 2 nitrogen and oxygen atoms in total. The SMILES string of the molecule is Cc1ccccc1-c1cc(-c2cccc3c2[nH]c2ccc4ccccc4c23)c2c(c1)N1c3ccccc3C(c3ccccc3)(c3ccccc3)c3cccc(c31)[B]2. The molecule has 0 fully saturated rings. The summed E-state index contributed by atoms with van der Waals surface area (Å²) >= 11 is 0. The highest BCUT2D eigenvalue weighted by Crippen LogP contribution is 2.58. The summed E-state index contributed by atoms with van der Waals surface area (Å²) in [5.41, 5.74) is 19.0. The highest BCUT2D eigenvalue weighted by molar-refractivity contribution is 6.73. The van der Waals surface area contributed by atoms with E-state index in [1.165, 1.54) is 99.6 Å². The van der Waals surface area contributed by atoms with E-state index >= 15 is 0 Å². The second-order valence-electron chi connectivity index (χ2n) is 15.6. The van der Waals surface area contributed by atoms with Crippen molar-refractivity contribution in [3.63, 3.8) is 0 Å². The van der Waals surface area contributed by atoms with E-state index < -0.39 is 5.41 Å². The molecule has 0 unspecified atom stereocenters. The number of aromatic amines is 1. The standard InChI is InChI=1S/C54H36BN2/c1-34-16-8-10-22-39(34)36-32-43(41-24-14-25-42-50-40-23-11-9-17-35(40)30-31-47(50)56-52(41)42)51-49(33-36)57-48-29-13-12-26-44(48)54(37-18-4-2-5-19-37,38-20-6-3-7-21-38)45-27-15-28-46(55-51)53(45)57/h2-33,56H,1H3. The number of hydrogen-bond acceptors (Lipinski definition) is 1. The number of hydrogen-bond donors (Lipinski definition) is 1. The van der Waals surface area contributed by atoms with Crippen molar-refractivity contribution in [2.24, 2.45) is 0 Å². The lowest BCUT2D eigenvalue weighted by molar-refractivity contribution is 0.732. The Hall–Kier alpha value is -7.10. The van der Waals surface area contributed by atoms with Crippen LogP contribution in [0.5, 0.6) is 0 Å². The molecule has 0 aliphatic carbocycles. The Kier molecular flexibility index (Phi) is 6.89. The van der Waals surface area contributed by atoms with E-state index in [2.05, 4.69) is 218 Å². The summed E-state index contributed by atoms with van der Waals surface area (Å²) in [4.78, 5) is 6.49. The third-order valence-electron chi connectivity index (χ3n) is 12.6. The summed E-state index contributed by atoms with van der Waals surface area (Å²) in [6.45, 7) is 2.22. The number of rotatable bonds is 4. The number of aromatic nitrogens is 1. The summed E-state index contributed by atoms with van der Waals surface area (Å²) in [5, 5.41) is 5.04. The molecule has 9 aromatic carbocycles. The Morgan fingerprint density at radius 1 is 0.509 bits per heavy atom. The van der Waals surface area contributed by atoms with Crippen LogP contribution in [0.3, 0.4) is 0 Å². The molecule has 0 spiro atoms. The first-order valence-corrected chi connectivity index (χ1v) is 19.9. The van der Waals surface area contributed by atoms with Gasteiger partial charge in [0.25, 0.3) is 0 Å². The third kappa shape index (κ3) is 4.48. The van der Waals surface area contributed by atoms with Gasteiger partial charge in [-0.05, 0) is 91.9 Å². The third-order valence-corrected chi connectivity index (χ3v) is 12.6. The Labute approximate surface area is 332 Å². The minimum absolute atomic E-state index is 0.526. The van der Waals surface area contributed by atoms with Crippen molar-refractivity contribution in [1.29, 1.82) is 0 Å². The van der Waals surface area contributed by atoms with Crippen LogP contribution in [0.25, 0.3) is 54.8 Å². The maximum atomic E-state index is 3.91. The van der Waals surface area contributed by atoms with E-state index in [-0.39, 0.29) is 0 Å². The van der Waals surface area contributed by atoms with Crippen molar-refractivity contribution in [1.82, 2.24) is 4.98 Å². The Morgan fingerprint density at radius 2 is 1.18 bits per heavy atom. The first-order chi connectivity index (χ1) is 28.2. The van der Waals surface area contributed by atoms with Gasteiger partial charge >= 0.3 is 0 Å². The van der Waals surface area contributed by atoms with Gasteiger partial charge in [0.15, 0.2) is 7.28 Å². The van der Waals surface area contributed by atoms with Crippen molar-refractivity contribution < 1.29 is 0 Å². The summed E-state index contributed by atoms with van der Waals surface area (Å²) in [7, 11) is 2.45. The molecular formula is C54H36BN2. The molecule has 57 heavy (non-hydrogen) atoms. The normalized spacial score (nSPS) is 13.6. The molecule has 3 heteroatoms. The van der Waals surface area contributed by atoms with E-state index in [0.717, 1.165) is 11.0 Å². The maximum absolute atomic E-state index is 3.91. The van der Waals surface area contributed by atoms with E-state index in [1.54, 1.807) is 0 Å². The second-order valence-corrected chi connectivity index (χ2v) is 15.6. The molecule has 2 aliphatic rings. The summed E-state index contributed by atoms with van der Waals surface area (Å²) in [6, 6.07) is 71.9. The molecule has 265 valence electrons. The average Bonchev–Trinajstić information content (AvgIpc) is 3.67. The van der Waals surface area contributed by atoms with Crippen LogP contribution in [0.1, 0.15) is 27.8 Å². The monoisotopic (exact) mass is 723 g/mol. The molecule has 0 bridgehead atoms. The topological polar surface area (TPSA) is 19.0 Å². The van der Waals surface area contributed by atoms with Gasteiger partial charge < -0.3 is 9.88 Å². The van der Waals surface area contributed by atoms with E-state index in [9.17, 15) is 0 Å². The molecular weight excluding hydrogens is 687 g/mol. The van der Waals surface area contributed by atoms with Crippen LogP contribution in [0, 0.1) is 6.92 Å². The fourth-order valence-electron chi connectivity index (χ4n) is 10.2. The van der Waals surface area contributed by atoms with Crippen LogP contribution in [-0.2, 0) is 5.41 Å². The summed E-state index contributed by atoms with van der Waals surface area (Å²) in [6.07, 6.45) is 0. The second kappa shape index (κ2) is 12.2. The van der Waals surface area contributed by atoms with Crippen LogP contribution in [0.4, 0.5) is 17.1 Å². The molecule has 10 aromatic rings. The highest BCUT2D eigenvalue weighted by atomic mass is 15.2. The molecule has 12 rings (SSSR count). The minimum atomic E-state index is -0.526. The first-order valence-electron chi connectivity index (χ1n) is 19.9. The Balaban J connectivity index is 1.19. The van der Waals surface area contributed by atoms with Gasteiger partial charge in [-0.25, -0.2) is 0 Å². The average molecular weight is 724 g/mol. The molecule has 1 N–H and O–H groups in total. The lowest BCUT2D eigenvalue weighted by Crippen LogP contribution is -2.47. The smallest absolute Gasteiger partial charge is 0.197 e. The quantitative estimate of drug-likeness (QED) is 0.179. The number of aryl methyl sites for hydroxylation is 1. The van der Waals surface area contributed by atoms with Gasteiger partial charge in [-0.1, -0.05) is 175 Å². The minimum Gasteiger partial charge on any atom is -0.354 e. The number of fused-ring (bicyclic) bond motifs is 9. The van der Waals surface area contributed by atoms with Crippen molar-refractivity contribution in [2.45, 2.75) is 12.3 Å². The fourth-order valence-corrected chi connectivity index (χ4v) is 10.2. The van der Waals surface area contributed by atoms with Gasteiger partial charge in [-0.3, -0.25) is 0 Å². The summed E-state index contributed by atoms with van der Waals surface area (Å²) in [5.74, 6) is 0. The lowest BCUT2D eigenvalue weighted by Gasteiger charge is -2.49. The van der Waals surface area contributed by atoms with Crippen molar-refractivity contribution in [3.8, 4) is 22.3 Å². The van der Waals surface area contributed by atoms with Gasteiger partial charge in [0, 0.05) is 33.2 Å². The fraction of sp³-hybridized carbons (Fsp3) is 0.0370. The molecule has 1 radical (unpaired) electrons. The zero-order valence-corrected chi connectivity index (χ0v) is 31.5. The van der Waals surface area contributed by atoms with Gasteiger partial charge in [0.1, 0.15) is 0 Å². The van der Waals surface area contributed by atoms with Gasteiger partial charge in [-0.15, -0.1) is 0 Å². The highest BCUT2D eigenvalue weighted by Gasteiger charge is 2.48. The van der Waals surface area contributed by atoms with Crippen LogP contribution in [0.15, 0.2) is 194 Å². The van der Waals surface area contributed by atoms with E-state index in [4.69, 9.17) is 0 Å². The molecule has 3 heterocycles.